The summed E-state index contributed by atoms with van der Waals surface area (Å²) in [6, 6.07) is 27.2. The first-order valence-electron chi connectivity index (χ1n) is 9.75. The van der Waals surface area contributed by atoms with Crippen molar-refractivity contribution in [2.75, 3.05) is 5.32 Å². The van der Waals surface area contributed by atoms with E-state index in [1.165, 1.54) is 5.56 Å². The molecule has 4 rings (SSSR count). The fraction of sp³-hybridized carbons (Fsp3) is 0.125. The number of carbonyl (C=O) groups is 1. The molecule has 30 heavy (non-hydrogen) atoms. The average molecular weight is 415 g/mol. The number of hydrogen-bond acceptors (Lipinski definition) is 4. The van der Waals surface area contributed by atoms with E-state index >= 15 is 0 Å². The molecule has 0 amide bonds. The Bertz CT molecular complexity index is 1210. The van der Waals surface area contributed by atoms with E-state index in [1.54, 1.807) is 16.8 Å². The number of aromatic nitrogens is 3. The third-order valence-corrected chi connectivity index (χ3v) is 5.17. The molecule has 3 aromatic carbocycles. The SMILES string of the molecule is Cc1cccc(NCc2nn(CC(=O)c3ccccc3)c(=S)n2-c2ccccc2)c1. The molecular formula is C24H22N4OS. The zero-order chi connectivity index (χ0) is 20.9. The maximum absolute atomic E-state index is 12.7. The first-order valence-corrected chi connectivity index (χ1v) is 10.2. The molecule has 0 unspecified atom stereocenters. The molecule has 0 fully saturated rings. The van der Waals surface area contributed by atoms with Crippen LogP contribution in [-0.2, 0) is 13.1 Å². The Kier molecular flexibility index (Phi) is 5.86. The first-order chi connectivity index (χ1) is 14.6. The Morgan fingerprint density at radius 2 is 1.67 bits per heavy atom. The van der Waals surface area contributed by atoms with Gasteiger partial charge in [-0.25, -0.2) is 4.68 Å². The lowest BCUT2D eigenvalue weighted by atomic mass is 10.1. The molecule has 0 aliphatic rings. The number of ketones is 1. The van der Waals surface area contributed by atoms with Crippen LogP contribution in [0, 0.1) is 11.7 Å². The van der Waals surface area contributed by atoms with Gasteiger partial charge < -0.3 is 5.32 Å². The van der Waals surface area contributed by atoms with Gasteiger partial charge in [-0.15, -0.1) is 0 Å². The molecule has 0 radical (unpaired) electrons. The predicted octanol–water partition coefficient (Wildman–Crippen LogP) is 5.21. The van der Waals surface area contributed by atoms with Crippen molar-refractivity contribution in [2.24, 2.45) is 0 Å². The summed E-state index contributed by atoms with van der Waals surface area (Å²) in [4.78, 5) is 12.7. The minimum atomic E-state index is -0.0254. The molecule has 6 heteroatoms. The number of anilines is 1. The Morgan fingerprint density at radius 3 is 2.37 bits per heavy atom. The summed E-state index contributed by atoms with van der Waals surface area (Å²) in [7, 11) is 0. The molecule has 1 heterocycles. The van der Waals surface area contributed by atoms with Gasteiger partial charge in [0.15, 0.2) is 11.6 Å². The molecule has 0 aliphatic carbocycles. The molecule has 0 saturated heterocycles. The van der Waals surface area contributed by atoms with Crippen LogP contribution in [0.15, 0.2) is 84.9 Å². The first kappa shape index (κ1) is 19.8. The molecule has 0 saturated carbocycles. The number of carbonyl (C=O) groups excluding carboxylic acids is 1. The van der Waals surface area contributed by atoms with Crippen LogP contribution in [0.2, 0.25) is 0 Å². The summed E-state index contributed by atoms with van der Waals surface area (Å²) >= 11 is 5.70. The van der Waals surface area contributed by atoms with E-state index in [9.17, 15) is 4.79 Å². The largest absolute Gasteiger partial charge is 0.378 e. The van der Waals surface area contributed by atoms with Crippen LogP contribution in [0.4, 0.5) is 5.69 Å². The predicted molar refractivity (Wildman–Crippen MR) is 122 cm³/mol. The van der Waals surface area contributed by atoms with Gasteiger partial charge in [-0.1, -0.05) is 60.7 Å². The number of para-hydroxylation sites is 1. The highest BCUT2D eigenvalue weighted by Crippen LogP contribution is 2.16. The van der Waals surface area contributed by atoms with Crippen LogP contribution in [0.3, 0.4) is 0 Å². The number of nitrogens with zero attached hydrogens (tertiary/aromatic N) is 3. The van der Waals surface area contributed by atoms with Crippen molar-refractivity contribution < 1.29 is 4.79 Å². The summed E-state index contributed by atoms with van der Waals surface area (Å²) in [6.07, 6.45) is 0. The van der Waals surface area contributed by atoms with Gasteiger partial charge >= 0.3 is 0 Å². The molecule has 1 aromatic heterocycles. The van der Waals surface area contributed by atoms with Gasteiger partial charge in [-0.2, -0.15) is 5.10 Å². The molecule has 5 nitrogen and oxygen atoms in total. The van der Waals surface area contributed by atoms with Crippen molar-refractivity contribution in [3.8, 4) is 5.69 Å². The van der Waals surface area contributed by atoms with Crippen molar-refractivity contribution in [3.05, 3.63) is 107 Å². The van der Waals surface area contributed by atoms with Crippen LogP contribution in [0.1, 0.15) is 21.7 Å². The number of rotatable bonds is 7. The smallest absolute Gasteiger partial charge is 0.203 e. The molecule has 0 spiro atoms. The van der Waals surface area contributed by atoms with E-state index in [4.69, 9.17) is 12.2 Å². The zero-order valence-corrected chi connectivity index (χ0v) is 17.5. The highest BCUT2D eigenvalue weighted by Gasteiger charge is 2.15. The van der Waals surface area contributed by atoms with Crippen molar-refractivity contribution >= 4 is 23.7 Å². The molecule has 150 valence electrons. The van der Waals surface area contributed by atoms with Gasteiger partial charge in [-0.3, -0.25) is 9.36 Å². The summed E-state index contributed by atoms with van der Waals surface area (Å²) in [5, 5.41) is 8.09. The van der Waals surface area contributed by atoms with E-state index in [0.717, 1.165) is 17.2 Å². The third-order valence-electron chi connectivity index (χ3n) is 4.78. The fourth-order valence-electron chi connectivity index (χ4n) is 3.29. The second kappa shape index (κ2) is 8.88. The summed E-state index contributed by atoms with van der Waals surface area (Å²) < 4.78 is 4.01. The maximum atomic E-state index is 12.7. The summed E-state index contributed by atoms with van der Waals surface area (Å²) in [6.45, 7) is 2.63. The van der Waals surface area contributed by atoms with Crippen LogP contribution in [-0.4, -0.2) is 20.1 Å². The molecule has 4 aromatic rings. The Morgan fingerprint density at radius 1 is 0.967 bits per heavy atom. The Balaban J connectivity index is 1.66. The summed E-state index contributed by atoms with van der Waals surface area (Å²) in [5.74, 6) is 0.719. The standard InChI is InChI=1S/C24H22N4OS/c1-18-9-8-12-20(15-18)25-16-23-26-27(17-22(29)19-10-4-2-5-11-19)24(30)28(23)21-13-6-3-7-14-21/h2-15,25H,16-17H2,1H3. The summed E-state index contributed by atoms with van der Waals surface area (Å²) in [5.41, 5.74) is 3.75. The van der Waals surface area contributed by atoms with Gasteiger partial charge in [0.05, 0.1) is 6.54 Å². The van der Waals surface area contributed by atoms with E-state index in [2.05, 4.69) is 29.5 Å². The second-order valence-corrected chi connectivity index (χ2v) is 7.40. The number of hydrogen-bond donors (Lipinski definition) is 1. The maximum Gasteiger partial charge on any atom is 0.203 e. The van der Waals surface area contributed by atoms with Crippen LogP contribution in [0.5, 0.6) is 0 Å². The molecule has 1 N–H and O–H groups in total. The lowest BCUT2D eigenvalue weighted by molar-refractivity contribution is 0.0967. The van der Waals surface area contributed by atoms with Crippen molar-refractivity contribution in [3.63, 3.8) is 0 Å². The average Bonchev–Trinajstić information content (AvgIpc) is 3.08. The van der Waals surface area contributed by atoms with Crippen LogP contribution >= 0.6 is 12.2 Å². The van der Waals surface area contributed by atoms with Gasteiger partial charge in [-0.05, 0) is 49.0 Å². The minimum absolute atomic E-state index is 0.0254. The lowest BCUT2D eigenvalue weighted by Crippen LogP contribution is -2.12. The Hall–Kier alpha value is -3.51. The molecule has 0 bridgehead atoms. The zero-order valence-electron chi connectivity index (χ0n) is 16.7. The quantitative estimate of drug-likeness (QED) is 0.333. The van der Waals surface area contributed by atoms with Gasteiger partial charge in [0.1, 0.15) is 6.54 Å². The highest BCUT2D eigenvalue weighted by atomic mass is 32.1. The van der Waals surface area contributed by atoms with Crippen molar-refractivity contribution in [1.29, 1.82) is 0 Å². The topological polar surface area (TPSA) is 51.9 Å². The van der Waals surface area contributed by atoms with Crippen LogP contribution < -0.4 is 5.32 Å². The molecular weight excluding hydrogens is 392 g/mol. The Labute approximate surface area is 180 Å². The van der Waals surface area contributed by atoms with Gasteiger partial charge in [0, 0.05) is 16.9 Å². The van der Waals surface area contributed by atoms with Crippen molar-refractivity contribution in [1.82, 2.24) is 14.3 Å². The van der Waals surface area contributed by atoms with E-state index < -0.39 is 0 Å². The van der Waals surface area contributed by atoms with E-state index in [-0.39, 0.29) is 12.3 Å². The fourth-order valence-corrected chi connectivity index (χ4v) is 3.61. The normalized spacial score (nSPS) is 10.7. The lowest BCUT2D eigenvalue weighted by Gasteiger charge is -2.09. The second-order valence-electron chi connectivity index (χ2n) is 7.04. The van der Waals surface area contributed by atoms with Gasteiger partial charge in [0.2, 0.25) is 4.77 Å². The van der Waals surface area contributed by atoms with E-state index in [1.807, 2.05) is 65.2 Å². The molecule has 0 aliphatic heterocycles. The van der Waals surface area contributed by atoms with Crippen LogP contribution in [0.25, 0.3) is 5.69 Å². The minimum Gasteiger partial charge on any atom is -0.378 e. The monoisotopic (exact) mass is 414 g/mol. The number of nitrogens with one attached hydrogen (secondary N) is 1. The number of benzene rings is 3. The van der Waals surface area contributed by atoms with E-state index in [0.29, 0.717) is 16.9 Å². The molecule has 0 atom stereocenters. The van der Waals surface area contributed by atoms with Gasteiger partial charge in [0.25, 0.3) is 0 Å². The number of Topliss-reactive ketones (excluding diaryl/α,β-unsaturated/α-hetero) is 1. The van der Waals surface area contributed by atoms with Crippen molar-refractivity contribution in [2.45, 2.75) is 20.0 Å². The number of aryl methyl sites for hydroxylation is 1. The highest BCUT2D eigenvalue weighted by molar-refractivity contribution is 7.71. The third kappa shape index (κ3) is 4.39.